The molecule has 8 rings (SSSR count). The minimum Gasteiger partial charge on any atom is -0.508 e. The van der Waals surface area contributed by atoms with Gasteiger partial charge in [0.25, 0.3) is 11.8 Å². The van der Waals surface area contributed by atoms with E-state index in [1.807, 2.05) is 6.08 Å². The van der Waals surface area contributed by atoms with E-state index in [9.17, 15) is 32.7 Å². The van der Waals surface area contributed by atoms with Crippen molar-refractivity contribution in [3.63, 3.8) is 0 Å². The molecule has 282 valence electrons. The zero-order valence-corrected chi connectivity index (χ0v) is 31.6. The second-order valence-corrected chi connectivity index (χ2v) is 15.6. The first-order chi connectivity index (χ1) is 26.2. The number of alkyl halides is 3. The number of rotatable bonds is 6. The first-order valence-electron chi connectivity index (χ1n) is 17.0. The number of carbonyl (C=O) groups is 4. The third-order valence-electron chi connectivity index (χ3n) is 11.2. The van der Waals surface area contributed by atoms with Gasteiger partial charge in [-0.05, 0) is 72.9 Å². The van der Waals surface area contributed by atoms with Crippen molar-refractivity contribution in [3.05, 3.63) is 122 Å². The quantitative estimate of drug-likeness (QED) is 0.147. The smallest absolute Gasteiger partial charge is 0.417 e. The van der Waals surface area contributed by atoms with Crippen LogP contribution in [0.1, 0.15) is 35.4 Å². The minimum absolute atomic E-state index is 0.0589. The first-order valence-corrected chi connectivity index (χ1v) is 18.6. The number of nitrogens with one attached hydrogen (secondary N) is 1. The van der Waals surface area contributed by atoms with Gasteiger partial charge in [-0.1, -0.05) is 69.0 Å². The highest BCUT2D eigenvalue weighted by Crippen LogP contribution is 2.65. The number of hydrazine groups is 1. The summed E-state index contributed by atoms with van der Waals surface area (Å²) in [6.45, 7) is 0. The van der Waals surface area contributed by atoms with E-state index in [0.29, 0.717) is 44.7 Å². The van der Waals surface area contributed by atoms with Gasteiger partial charge in [0, 0.05) is 33.2 Å². The van der Waals surface area contributed by atoms with E-state index in [0.717, 1.165) is 4.47 Å². The Kier molecular flexibility index (Phi) is 9.01. The van der Waals surface area contributed by atoms with Crippen LogP contribution in [0.4, 0.5) is 24.7 Å². The van der Waals surface area contributed by atoms with Crippen LogP contribution in [-0.2, 0) is 30.8 Å². The van der Waals surface area contributed by atoms with Crippen molar-refractivity contribution in [2.75, 3.05) is 17.4 Å². The molecule has 3 fully saturated rings. The molecule has 1 aromatic heterocycles. The predicted octanol–water partition coefficient (Wildman–Crippen LogP) is 8.07. The van der Waals surface area contributed by atoms with Crippen LogP contribution in [0.25, 0.3) is 0 Å². The van der Waals surface area contributed by atoms with E-state index in [4.69, 9.17) is 27.9 Å². The van der Waals surface area contributed by atoms with Crippen molar-refractivity contribution in [1.29, 1.82) is 0 Å². The molecule has 55 heavy (non-hydrogen) atoms. The number of phenolic OH excluding ortho intramolecular Hbond substituents is 1. The number of aromatic hydroxyl groups is 1. The van der Waals surface area contributed by atoms with Gasteiger partial charge in [0.05, 0.1) is 46.6 Å². The lowest BCUT2D eigenvalue weighted by molar-refractivity contribution is -0.139. The number of ether oxygens (including phenoxy) is 1. The number of amides is 4. The second-order valence-electron chi connectivity index (χ2n) is 13.8. The summed E-state index contributed by atoms with van der Waals surface area (Å²) in [6.07, 6.45) is -2.27. The van der Waals surface area contributed by atoms with Gasteiger partial charge in [-0.25, -0.2) is 4.98 Å². The number of carbonyl (C=O) groups excluding carboxylic acids is 4. The number of pyridine rings is 1. The van der Waals surface area contributed by atoms with Crippen molar-refractivity contribution in [3.8, 4) is 11.5 Å². The monoisotopic (exact) mass is 854 g/mol. The summed E-state index contributed by atoms with van der Waals surface area (Å²) < 4.78 is 47.0. The maximum Gasteiger partial charge on any atom is 0.417 e. The Morgan fingerprint density at radius 1 is 0.945 bits per heavy atom. The van der Waals surface area contributed by atoms with E-state index >= 15 is 4.79 Å². The molecule has 16 heteroatoms. The number of methoxy groups -OCH3 is 1. The van der Waals surface area contributed by atoms with Gasteiger partial charge in [-0.15, -0.1) is 0 Å². The molecule has 2 aliphatic heterocycles. The summed E-state index contributed by atoms with van der Waals surface area (Å²) in [6, 6.07) is 18.2. The third kappa shape index (κ3) is 5.71. The first kappa shape index (κ1) is 37.0. The largest absolute Gasteiger partial charge is 0.508 e. The van der Waals surface area contributed by atoms with E-state index in [1.54, 1.807) is 54.6 Å². The Bertz CT molecular complexity index is 2330. The summed E-state index contributed by atoms with van der Waals surface area (Å²) in [5.74, 6) is -7.33. The molecular formula is C39H28BrCl2F3N4O6. The van der Waals surface area contributed by atoms with Gasteiger partial charge in [0.1, 0.15) is 11.5 Å². The predicted molar refractivity (Wildman–Crippen MR) is 198 cm³/mol. The Morgan fingerprint density at radius 3 is 2.31 bits per heavy atom. The molecule has 0 spiro atoms. The normalized spacial score (nSPS) is 26.1. The molecule has 2 saturated heterocycles. The number of benzene rings is 3. The minimum atomic E-state index is -4.76. The van der Waals surface area contributed by atoms with Gasteiger partial charge in [-0.3, -0.25) is 29.5 Å². The summed E-state index contributed by atoms with van der Waals surface area (Å²) in [4.78, 5) is 63.7. The molecule has 4 aliphatic rings. The highest BCUT2D eigenvalue weighted by Gasteiger charge is 2.70. The fourth-order valence-corrected chi connectivity index (χ4v) is 9.51. The van der Waals surface area contributed by atoms with Crippen LogP contribution < -0.4 is 15.1 Å². The van der Waals surface area contributed by atoms with Crippen molar-refractivity contribution < 1.29 is 42.2 Å². The Labute approximate surface area is 330 Å². The molecule has 3 aromatic carbocycles. The lowest BCUT2D eigenvalue weighted by Gasteiger charge is -2.50. The molecule has 4 amide bonds. The number of phenols is 1. The number of hydrogen-bond acceptors (Lipinski definition) is 8. The number of nitrogens with zero attached hydrogens (tertiary/aromatic N) is 3. The lowest BCUT2D eigenvalue weighted by atomic mass is 9.49. The molecule has 0 radical (unpaired) electrons. The molecule has 4 aromatic rings. The number of imide groups is 2. The fourth-order valence-electron chi connectivity index (χ4n) is 8.91. The molecule has 10 nitrogen and oxygen atoms in total. The number of anilines is 2. The average Bonchev–Trinajstić information content (AvgIpc) is 3.53. The second kappa shape index (κ2) is 13.4. The fraction of sp³-hybridized carbons (Fsp3) is 0.256. The summed E-state index contributed by atoms with van der Waals surface area (Å²) in [5.41, 5.74) is 1.49. The van der Waals surface area contributed by atoms with E-state index in [2.05, 4.69) is 26.3 Å². The van der Waals surface area contributed by atoms with Gasteiger partial charge < -0.3 is 9.84 Å². The Hall–Kier alpha value is -4.92. The van der Waals surface area contributed by atoms with Crippen LogP contribution >= 0.6 is 39.1 Å². The van der Waals surface area contributed by atoms with Gasteiger partial charge >= 0.3 is 6.18 Å². The third-order valence-corrected chi connectivity index (χ3v) is 12.2. The van der Waals surface area contributed by atoms with E-state index in [1.165, 1.54) is 24.1 Å². The lowest BCUT2D eigenvalue weighted by Crippen LogP contribution is -2.53. The van der Waals surface area contributed by atoms with E-state index in [-0.39, 0.29) is 36.1 Å². The zero-order chi connectivity index (χ0) is 39.1. The molecule has 3 heterocycles. The molecule has 2 N–H and O–H groups in total. The molecular weight excluding hydrogens is 828 g/mol. The number of fused-ring (bicyclic) bond motifs is 4. The summed E-state index contributed by atoms with van der Waals surface area (Å²) in [5, 5.41) is 11.1. The number of hydrogen-bond donors (Lipinski definition) is 2. The Balaban J connectivity index is 1.32. The van der Waals surface area contributed by atoms with Gasteiger partial charge in [-0.2, -0.15) is 18.2 Å². The summed E-state index contributed by atoms with van der Waals surface area (Å²) >= 11 is 16.0. The Morgan fingerprint density at radius 2 is 1.65 bits per heavy atom. The van der Waals surface area contributed by atoms with Crippen LogP contribution in [-0.4, -0.2) is 45.8 Å². The zero-order valence-electron chi connectivity index (χ0n) is 28.5. The molecule has 6 atom stereocenters. The molecule has 0 unspecified atom stereocenters. The molecule has 0 bridgehead atoms. The van der Waals surface area contributed by atoms with Crippen molar-refractivity contribution >= 4 is 74.3 Å². The summed E-state index contributed by atoms with van der Waals surface area (Å²) in [7, 11) is 1.39. The SMILES string of the molecule is COc1cc(O)ccc1[C@H]1C2=CC[C@@H]3C(=O)N(c4ccc(Br)cc4)C(=O)[C@@H]3[C@@H]2C[C@H]2C(=O)N(Nc3ncc(C(F)(F)F)cc3Cl)C(=O)[C@@]12c1ccc(Cl)cc1. The van der Waals surface area contributed by atoms with Gasteiger partial charge in [0.2, 0.25) is 11.8 Å². The highest BCUT2D eigenvalue weighted by molar-refractivity contribution is 9.10. The van der Waals surface area contributed by atoms with Crippen LogP contribution in [0.15, 0.2) is 95.1 Å². The molecule has 1 saturated carbocycles. The maximum atomic E-state index is 15.3. The number of allylic oxidation sites excluding steroid dienone is 2. The number of aromatic nitrogens is 1. The van der Waals surface area contributed by atoms with Crippen LogP contribution in [0, 0.1) is 23.7 Å². The highest BCUT2D eigenvalue weighted by atomic mass is 79.9. The average molecular weight is 856 g/mol. The van der Waals surface area contributed by atoms with Crippen molar-refractivity contribution in [2.45, 2.75) is 30.4 Å². The number of halogens is 6. The van der Waals surface area contributed by atoms with Crippen LogP contribution in [0.2, 0.25) is 10.0 Å². The standard InChI is InChI=1S/C39H28BrCl2F3N4O6/c1-55-30-15-23(50)10-11-25(30)32-24-12-13-26-31(36(53)48(34(26)51)22-8-4-20(40)5-9-22)27(24)16-28-35(52)49(37(54)38(28,32)18-2-6-21(41)7-3-18)47-33-29(42)14-19(17-46-33)39(43,44)45/h2-12,14-15,17,26-28,31-32,50H,13,16H2,1H3,(H,46,47)/t26-,27+,28-,31-,32+,38+/m0/s1. The van der Waals surface area contributed by atoms with E-state index < -0.39 is 69.5 Å². The van der Waals surface area contributed by atoms with Crippen molar-refractivity contribution in [2.24, 2.45) is 23.7 Å². The van der Waals surface area contributed by atoms with Gasteiger partial charge in [0.15, 0.2) is 5.82 Å². The maximum absolute atomic E-state index is 15.3. The topological polar surface area (TPSA) is 129 Å². The van der Waals surface area contributed by atoms with Crippen LogP contribution in [0.3, 0.4) is 0 Å². The molecule has 2 aliphatic carbocycles. The van der Waals surface area contributed by atoms with Crippen molar-refractivity contribution in [1.82, 2.24) is 9.99 Å². The van der Waals surface area contributed by atoms with Crippen LogP contribution in [0.5, 0.6) is 11.5 Å².